The number of nitrogens with one attached hydrogen (secondary N) is 1. The van der Waals surface area contributed by atoms with Crippen LogP contribution in [0.1, 0.15) is 38.3 Å². The predicted molar refractivity (Wildman–Crippen MR) is 130 cm³/mol. The van der Waals surface area contributed by atoms with Crippen LogP contribution in [0.4, 0.5) is 11.8 Å². The molecule has 2 fully saturated rings. The van der Waals surface area contributed by atoms with Crippen molar-refractivity contribution in [1.29, 1.82) is 0 Å². The number of rotatable bonds is 5. The molecule has 2 aliphatic rings. The number of nitrogens with zero attached hydrogens (tertiary/aromatic N) is 5. The summed E-state index contributed by atoms with van der Waals surface area (Å²) in [5.74, 6) is 1.41. The molecule has 2 saturated heterocycles. The Morgan fingerprint density at radius 3 is 2.73 bits per heavy atom. The number of hydrogen-bond acceptors (Lipinski definition) is 6. The molecule has 0 saturated carbocycles. The highest BCUT2D eigenvalue weighted by molar-refractivity contribution is 6.30. The largest absolute Gasteiger partial charge is 0.493 e. The molecule has 9 heteroatoms. The van der Waals surface area contributed by atoms with Gasteiger partial charge in [-0.3, -0.25) is 4.79 Å². The van der Waals surface area contributed by atoms with E-state index in [0.29, 0.717) is 24.6 Å². The monoisotopic (exact) mass is 468 g/mol. The number of hydrogen-bond donors (Lipinski definition) is 2. The number of halogens is 1. The Kier molecular flexibility index (Phi) is 5.78. The quantitative estimate of drug-likeness (QED) is 0.595. The highest BCUT2D eigenvalue weighted by Gasteiger charge is 2.31. The van der Waals surface area contributed by atoms with Gasteiger partial charge in [-0.05, 0) is 50.8 Å². The molecule has 2 aromatic heterocycles. The van der Waals surface area contributed by atoms with Crippen LogP contribution in [0.15, 0.2) is 30.5 Å². The van der Waals surface area contributed by atoms with Gasteiger partial charge in [-0.2, -0.15) is 4.98 Å². The summed E-state index contributed by atoms with van der Waals surface area (Å²) < 4.78 is 1.83. The van der Waals surface area contributed by atoms with Gasteiger partial charge in [-0.1, -0.05) is 23.7 Å². The summed E-state index contributed by atoms with van der Waals surface area (Å²) in [6.45, 7) is 6.35. The maximum absolute atomic E-state index is 12.0. The number of aromatic hydroxyl groups is 1. The van der Waals surface area contributed by atoms with Crippen molar-refractivity contribution in [1.82, 2.24) is 19.9 Å². The molecule has 0 spiro atoms. The smallest absolute Gasteiger partial charge is 0.239 e. The summed E-state index contributed by atoms with van der Waals surface area (Å²) in [7, 11) is 0. The van der Waals surface area contributed by atoms with Crippen molar-refractivity contribution in [3.05, 3.63) is 41.0 Å². The summed E-state index contributed by atoms with van der Waals surface area (Å²) in [6, 6.07) is 8.38. The van der Waals surface area contributed by atoms with Crippen LogP contribution in [0.3, 0.4) is 0 Å². The third-order valence-corrected chi connectivity index (χ3v) is 6.80. The molecule has 0 aliphatic carbocycles. The van der Waals surface area contributed by atoms with Crippen LogP contribution < -0.4 is 15.1 Å². The van der Waals surface area contributed by atoms with Crippen molar-refractivity contribution in [2.45, 2.75) is 45.2 Å². The second-order valence-corrected chi connectivity index (χ2v) is 9.59. The Morgan fingerprint density at radius 2 is 2.00 bits per heavy atom. The van der Waals surface area contributed by atoms with Gasteiger partial charge in [0.2, 0.25) is 17.7 Å². The zero-order valence-corrected chi connectivity index (χ0v) is 19.7. The molecule has 0 bridgehead atoms. The maximum Gasteiger partial charge on any atom is 0.239 e. The summed E-state index contributed by atoms with van der Waals surface area (Å²) in [4.78, 5) is 25.9. The van der Waals surface area contributed by atoms with E-state index in [9.17, 15) is 9.90 Å². The van der Waals surface area contributed by atoms with Crippen LogP contribution in [-0.4, -0.2) is 57.8 Å². The van der Waals surface area contributed by atoms with E-state index in [-0.39, 0.29) is 30.4 Å². The zero-order valence-electron chi connectivity index (χ0n) is 19.0. The number of aromatic nitrogens is 3. The Labute approximate surface area is 198 Å². The lowest BCUT2D eigenvalue weighted by Gasteiger charge is -2.30. The molecule has 2 aliphatic heterocycles. The topological polar surface area (TPSA) is 86.5 Å². The van der Waals surface area contributed by atoms with Crippen molar-refractivity contribution < 1.29 is 9.90 Å². The second-order valence-electron chi connectivity index (χ2n) is 9.15. The van der Waals surface area contributed by atoms with E-state index in [2.05, 4.69) is 22.3 Å². The molecule has 1 aromatic carbocycles. The van der Waals surface area contributed by atoms with E-state index in [4.69, 9.17) is 21.6 Å². The van der Waals surface area contributed by atoms with E-state index >= 15 is 0 Å². The fourth-order valence-corrected chi connectivity index (χ4v) is 4.97. The molecule has 174 valence electrons. The van der Waals surface area contributed by atoms with Gasteiger partial charge in [0.05, 0.1) is 11.9 Å². The third kappa shape index (κ3) is 4.19. The van der Waals surface area contributed by atoms with Crippen molar-refractivity contribution >= 4 is 40.2 Å². The summed E-state index contributed by atoms with van der Waals surface area (Å²) in [5.41, 5.74) is 1.77. The van der Waals surface area contributed by atoms with E-state index in [1.54, 1.807) is 0 Å². The standard InChI is InChI=1S/C24H29ClN6O2/c1-15(2)31-13-19-21(23(31)33)27-24(29-11-9-26-20(32)14-29)28-22(19)30-10-3-4-18(30)12-16-5-7-17(25)8-6-16/h5-8,13,15,18,33H,3-4,9-12,14H2,1-2H3,(H,26,32). The summed E-state index contributed by atoms with van der Waals surface area (Å²) in [5, 5.41) is 15.4. The van der Waals surface area contributed by atoms with Crippen molar-refractivity contribution in [3.8, 4) is 5.88 Å². The summed E-state index contributed by atoms with van der Waals surface area (Å²) in [6.07, 6.45) is 4.98. The van der Waals surface area contributed by atoms with Gasteiger partial charge in [0.1, 0.15) is 11.3 Å². The molecule has 3 aromatic rings. The highest BCUT2D eigenvalue weighted by Crippen LogP contribution is 2.38. The van der Waals surface area contributed by atoms with E-state index in [1.807, 2.05) is 41.6 Å². The van der Waals surface area contributed by atoms with Crippen molar-refractivity contribution in [2.24, 2.45) is 0 Å². The van der Waals surface area contributed by atoms with Crippen LogP contribution in [0.2, 0.25) is 5.02 Å². The first-order chi connectivity index (χ1) is 15.9. The summed E-state index contributed by atoms with van der Waals surface area (Å²) >= 11 is 6.08. The predicted octanol–water partition coefficient (Wildman–Crippen LogP) is 3.52. The number of amides is 1. The number of carbonyl (C=O) groups is 1. The number of benzene rings is 1. The van der Waals surface area contributed by atoms with Gasteiger partial charge < -0.3 is 24.8 Å². The Balaban J connectivity index is 1.58. The first-order valence-electron chi connectivity index (χ1n) is 11.5. The zero-order chi connectivity index (χ0) is 23.1. The minimum atomic E-state index is -0.0442. The third-order valence-electron chi connectivity index (χ3n) is 6.55. The van der Waals surface area contributed by atoms with Gasteiger partial charge in [0.25, 0.3) is 0 Å². The van der Waals surface area contributed by atoms with Gasteiger partial charge in [0, 0.05) is 42.9 Å². The Morgan fingerprint density at radius 1 is 1.21 bits per heavy atom. The van der Waals surface area contributed by atoms with Gasteiger partial charge in [-0.15, -0.1) is 0 Å². The van der Waals surface area contributed by atoms with Crippen LogP contribution in [-0.2, 0) is 11.2 Å². The first-order valence-corrected chi connectivity index (χ1v) is 11.9. The van der Waals surface area contributed by atoms with Gasteiger partial charge in [-0.25, -0.2) is 4.98 Å². The van der Waals surface area contributed by atoms with E-state index in [0.717, 1.165) is 42.0 Å². The molecule has 8 nitrogen and oxygen atoms in total. The molecule has 1 unspecified atom stereocenters. The molecule has 0 radical (unpaired) electrons. The molecular weight excluding hydrogens is 440 g/mol. The molecular formula is C24H29ClN6O2. The molecule has 2 N–H and O–H groups in total. The van der Waals surface area contributed by atoms with Gasteiger partial charge in [0.15, 0.2) is 0 Å². The molecule has 33 heavy (non-hydrogen) atoms. The molecule has 1 atom stereocenters. The molecule has 5 rings (SSSR count). The molecule has 1 amide bonds. The van der Waals surface area contributed by atoms with Crippen LogP contribution in [0.5, 0.6) is 5.88 Å². The molecule has 4 heterocycles. The lowest BCUT2D eigenvalue weighted by atomic mass is 10.0. The fourth-order valence-electron chi connectivity index (χ4n) is 4.84. The minimum Gasteiger partial charge on any atom is -0.493 e. The lowest BCUT2D eigenvalue weighted by molar-refractivity contribution is -0.120. The van der Waals surface area contributed by atoms with Gasteiger partial charge >= 0.3 is 0 Å². The number of carbonyl (C=O) groups excluding carboxylic acids is 1. The Bertz CT molecular complexity index is 1180. The van der Waals surface area contributed by atoms with Crippen LogP contribution in [0, 0.1) is 0 Å². The Hall–Kier alpha value is -3.00. The van der Waals surface area contributed by atoms with E-state index in [1.165, 1.54) is 5.56 Å². The average molecular weight is 469 g/mol. The second kappa shape index (κ2) is 8.74. The minimum absolute atomic E-state index is 0.0442. The number of fused-ring (bicyclic) bond motifs is 1. The van der Waals surface area contributed by atoms with E-state index < -0.39 is 0 Å². The van der Waals surface area contributed by atoms with Crippen LogP contribution >= 0.6 is 11.6 Å². The number of piperazine rings is 1. The SMILES string of the molecule is CC(C)n1cc2c(N3CCCC3Cc3ccc(Cl)cc3)nc(N3CCNC(=O)C3)nc2c1O. The maximum atomic E-state index is 12.0. The average Bonchev–Trinajstić information content (AvgIpc) is 3.39. The van der Waals surface area contributed by atoms with Crippen LogP contribution in [0.25, 0.3) is 10.9 Å². The highest BCUT2D eigenvalue weighted by atomic mass is 35.5. The van der Waals surface area contributed by atoms with Crippen molar-refractivity contribution in [3.63, 3.8) is 0 Å². The number of anilines is 2. The lowest BCUT2D eigenvalue weighted by Crippen LogP contribution is -2.48. The first kappa shape index (κ1) is 21.8. The normalized spacial score (nSPS) is 19.0. The van der Waals surface area contributed by atoms with Crippen molar-refractivity contribution in [2.75, 3.05) is 36.0 Å². The fraction of sp³-hybridized carbons (Fsp3) is 0.458.